The summed E-state index contributed by atoms with van der Waals surface area (Å²) in [5, 5.41) is 0. The molecule has 0 aliphatic heterocycles. The molecule has 2 aromatic rings. The second-order valence-electron chi connectivity index (χ2n) is 4.65. The number of nitrogens with zero attached hydrogens (tertiary/aromatic N) is 1. The molecule has 0 amide bonds. The smallest absolute Gasteiger partial charge is 0.0485 e. The van der Waals surface area contributed by atoms with Gasteiger partial charge in [0.15, 0.2) is 0 Å². The van der Waals surface area contributed by atoms with Gasteiger partial charge in [-0.25, -0.2) is 0 Å². The second-order valence-corrected chi connectivity index (χ2v) is 4.65. The molecule has 18 heavy (non-hydrogen) atoms. The third-order valence-corrected chi connectivity index (χ3v) is 3.22. The monoisotopic (exact) mass is 238 g/mol. The number of aryl methyl sites for hydroxylation is 1. The van der Waals surface area contributed by atoms with Gasteiger partial charge in [0.25, 0.3) is 0 Å². The molecule has 0 saturated carbocycles. The van der Waals surface area contributed by atoms with Crippen LogP contribution in [-0.4, -0.2) is 4.98 Å². The van der Waals surface area contributed by atoms with Crippen LogP contribution in [0.5, 0.6) is 0 Å². The van der Waals surface area contributed by atoms with E-state index in [0.29, 0.717) is 0 Å². The van der Waals surface area contributed by atoms with Gasteiger partial charge in [-0.15, -0.1) is 0 Å². The summed E-state index contributed by atoms with van der Waals surface area (Å²) in [7, 11) is 0. The Bertz CT molecular complexity index is 485. The molecule has 0 atom stereocenters. The molecule has 0 aliphatic rings. The largest absolute Gasteiger partial charge is 0.261 e. The first-order valence-electron chi connectivity index (χ1n) is 6.67. The summed E-state index contributed by atoms with van der Waals surface area (Å²) in [5.74, 6) is 0. The highest BCUT2D eigenvalue weighted by atomic mass is 14.7. The molecule has 0 fully saturated rings. The van der Waals surface area contributed by atoms with E-state index in [-0.39, 0.29) is 0 Å². The van der Waals surface area contributed by atoms with Crippen molar-refractivity contribution in [1.82, 2.24) is 4.98 Å². The Kier molecular flexibility index (Phi) is 4.52. The van der Waals surface area contributed by atoms with E-state index in [2.05, 4.69) is 49.2 Å². The van der Waals surface area contributed by atoms with Crippen molar-refractivity contribution in [2.24, 2.45) is 0 Å². The summed E-state index contributed by atoms with van der Waals surface area (Å²) < 4.78 is 0. The fraction of sp³-hybridized carbons (Fsp3) is 0.294. The van der Waals surface area contributed by atoms with E-state index in [1.54, 1.807) is 6.20 Å². The molecule has 0 bridgehead atoms. The van der Waals surface area contributed by atoms with Gasteiger partial charge in [0.1, 0.15) is 0 Å². The number of rotatable bonds is 5. The average molecular weight is 238 g/mol. The Morgan fingerprint density at radius 2 is 1.83 bits per heavy atom. The van der Waals surface area contributed by atoms with Crippen molar-refractivity contribution in [1.29, 1.82) is 0 Å². The number of benzene rings is 1. The molecule has 1 radical (unpaired) electrons. The Labute approximate surface area is 110 Å². The number of pyridine rings is 1. The summed E-state index contributed by atoms with van der Waals surface area (Å²) in [4.78, 5) is 4.23. The minimum atomic E-state index is 0.844. The molecule has 0 N–H and O–H groups in total. The van der Waals surface area contributed by atoms with Gasteiger partial charge in [-0.1, -0.05) is 50.1 Å². The van der Waals surface area contributed by atoms with E-state index in [1.807, 2.05) is 6.07 Å². The summed E-state index contributed by atoms with van der Waals surface area (Å²) in [5.41, 5.74) is 4.59. The van der Waals surface area contributed by atoms with Crippen molar-refractivity contribution in [3.63, 3.8) is 0 Å². The molecule has 1 nitrogen and oxygen atoms in total. The standard InChI is InChI=1S/C17H20N/c1-3-4-5-7-15-9-11-16(12-10-15)17-8-6-13-18-14(17)2/h6,8-13H,2-5,7H2,1H3. The van der Waals surface area contributed by atoms with E-state index in [9.17, 15) is 0 Å². The highest BCUT2D eigenvalue weighted by molar-refractivity contribution is 5.66. The predicted molar refractivity (Wildman–Crippen MR) is 77.4 cm³/mol. The van der Waals surface area contributed by atoms with Gasteiger partial charge in [-0.3, -0.25) is 4.98 Å². The van der Waals surface area contributed by atoms with E-state index in [0.717, 1.165) is 11.3 Å². The van der Waals surface area contributed by atoms with Crippen LogP contribution in [0.2, 0.25) is 0 Å². The van der Waals surface area contributed by atoms with E-state index >= 15 is 0 Å². The molecule has 1 heterocycles. The summed E-state index contributed by atoms with van der Waals surface area (Å²) in [6.45, 7) is 6.21. The van der Waals surface area contributed by atoms with Crippen molar-refractivity contribution in [3.8, 4) is 11.1 Å². The maximum atomic E-state index is 4.23. The fourth-order valence-electron chi connectivity index (χ4n) is 2.13. The van der Waals surface area contributed by atoms with Gasteiger partial charge in [0, 0.05) is 17.5 Å². The zero-order chi connectivity index (χ0) is 12.8. The lowest BCUT2D eigenvalue weighted by molar-refractivity contribution is 0.717. The zero-order valence-electron chi connectivity index (χ0n) is 11.0. The minimum absolute atomic E-state index is 0.844. The van der Waals surface area contributed by atoms with Gasteiger partial charge in [-0.05, 0) is 37.0 Å². The first-order chi connectivity index (χ1) is 8.81. The number of unbranched alkanes of at least 4 members (excludes halogenated alkanes) is 2. The average Bonchev–Trinajstić information content (AvgIpc) is 2.41. The molecule has 1 aromatic carbocycles. The van der Waals surface area contributed by atoms with Crippen LogP contribution in [-0.2, 0) is 6.42 Å². The highest BCUT2D eigenvalue weighted by Crippen LogP contribution is 2.22. The number of aromatic nitrogens is 1. The third kappa shape index (κ3) is 3.19. The molecule has 0 spiro atoms. The Morgan fingerprint density at radius 3 is 2.50 bits per heavy atom. The molecular formula is C17H20N. The van der Waals surface area contributed by atoms with Gasteiger partial charge in [-0.2, -0.15) is 0 Å². The van der Waals surface area contributed by atoms with Crippen LogP contribution in [0.1, 0.15) is 37.4 Å². The Hall–Kier alpha value is -1.63. The summed E-state index contributed by atoms with van der Waals surface area (Å²) in [6, 6.07) is 12.8. The molecule has 93 valence electrons. The SMILES string of the molecule is [CH2]c1ncccc1-c1ccc(CCCCC)cc1. The molecular weight excluding hydrogens is 218 g/mol. The lowest BCUT2D eigenvalue weighted by Crippen LogP contribution is -1.88. The minimum Gasteiger partial charge on any atom is -0.261 e. The molecule has 0 saturated heterocycles. The van der Waals surface area contributed by atoms with Crippen LogP contribution in [0.3, 0.4) is 0 Å². The molecule has 1 heteroatoms. The quantitative estimate of drug-likeness (QED) is 0.690. The number of hydrogen-bond acceptors (Lipinski definition) is 1. The van der Waals surface area contributed by atoms with Crippen LogP contribution < -0.4 is 0 Å². The van der Waals surface area contributed by atoms with Crippen LogP contribution in [0, 0.1) is 6.92 Å². The lowest BCUT2D eigenvalue weighted by Gasteiger charge is -2.06. The van der Waals surface area contributed by atoms with Crippen molar-refractivity contribution < 1.29 is 0 Å². The van der Waals surface area contributed by atoms with Crippen LogP contribution in [0.15, 0.2) is 42.6 Å². The normalized spacial score (nSPS) is 10.6. The fourth-order valence-corrected chi connectivity index (χ4v) is 2.13. The van der Waals surface area contributed by atoms with Crippen molar-refractivity contribution in [2.75, 3.05) is 0 Å². The van der Waals surface area contributed by atoms with Crippen LogP contribution in [0.4, 0.5) is 0 Å². The van der Waals surface area contributed by atoms with Gasteiger partial charge >= 0.3 is 0 Å². The van der Waals surface area contributed by atoms with Crippen LogP contribution >= 0.6 is 0 Å². The first kappa shape index (κ1) is 12.8. The Balaban J connectivity index is 2.10. The van der Waals surface area contributed by atoms with E-state index in [1.165, 1.54) is 36.8 Å². The second kappa shape index (κ2) is 6.34. The lowest BCUT2D eigenvalue weighted by atomic mass is 10.0. The van der Waals surface area contributed by atoms with Gasteiger partial charge in [0.05, 0.1) is 0 Å². The topological polar surface area (TPSA) is 12.9 Å². The molecule has 0 unspecified atom stereocenters. The van der Waals surface area contributed by atoms with Crippen LogP contribution in [0.25, 0.3) is 11.1 Å². The van der Waals surface area contributed by atoms with E-state index in [4.69, 9.17) is 0 Å². The predicted octanol–water partition coefficient (Wildman–Crippen LogP) is 4.66. The first-order valence-corrected chi connectivity index (χ1v) is 6.67. The third-order valence-electron chi connectivity index (χ3n) is 3.22. The van der Waals surface area contributed by atoms with Gasteiger partial charge < -0.3 is 0 Å². The summed E-state index contributed by atoms with van der Waals surface area (Å²) >= 11 is 0. The molecule has 2 rings (SSSR count). The molecule has 0 aliphatic carbocycles. The maximum Gasteiger partial charge on any atom is 0.0485 e. The van der Waals surface area contributed by atoms with Crippen molar-refractivity contribution in [2.45, 2.75) is 32.6 Å². The maximum absolute atomic E-state index is 4.23. The summed E-state index contributed by atoms with van der Waals surface area (Å²) in [6.07, 6.45) is 6.83. The molecule has 1 aromatic heterocycles. The van der Waals surface area contributed by atoms with Crippen molar-refractivity contribution >= 4 is 0 Å². The van der Waals surface area contributed by atoms with Gasteiger partial charge in [0.2, 0.25) is 0 Å². The number of hydrogen-bond donors (Lipinski definition) is 0. The zero-order valence-corrected chi connectivity index (χ0v) is 11.0. The highest BCUT2D eigenvalue weighted by Gasteiger charge is 2.01. The van der Waals surface area contributed by atoms with E-state index < -0.39 is 0 Å². The van der Waals surface area contributed by atoms with Crippen molar-refractivity contribution in [3.05, 3.63) is 60.8 Å². The Morgan fingerprint density at radius 1 is 1.06 bits per heavy atom.